The Hall–Kier alpha value is -2.46. The smallest absolute Gasteiger partial charge is 0.224 e. The molecular weight excluding hydrogens is 330 g/mol. The zero-order valence-corrected chi connectivity index (χ0v) is 14.9. The van der Waals surface area contributed by atoms with Gasteiger partial charge < -0.3 is 5.32 Å². The van der Waals surface area contributed by atoms with E-state index in [9.17, 15) is 9.59 Å². The molecular formula is C21H19NO2S. The summed E-state index contributed by atoms with van der Waals surface area (Å²) in [5.41, 5.74) is 3.55. The van der Waals surface area contributed by atoms with Crippen LogP contribution in [0.2, 0.25) is 0 Å². The van der Waals surface area contributed by atoms with Crippen molar-refractivity contribution in [3.8, 4) is 0 Å². The maximum absolute atomic E-state index is 12.3. The summed E-state index contributed by atoms with van der Waals surface area (Å²) in [4.78, 5) is 26.3. The Morgan fingerprint density at radius 1 is 1.00 bits per heavy atom. The molecule has 2 aromatic carbocycles. The predicted octanol–water partition coefficient (Wildman–Crippen LogP) is 4.91. The van der Waals surface area contributed by atoms with E-state index >= 15 is 0 Å². The van der Waals surface area contributed by atoms with E-state index in [0.717, 1.165) is 33.7 Å². The maximum Gasteiger partial charge on any atom is 0.224 e. The third-order valence-corrected chi connectivity index (χ3v) is 5.79. The van der Waals surface area contributed by atoms with Gasteiger partial charge in [-0.15, -0.1) is 11.3 Å². The first-order chi connectivity index (χ1) is 12.1. The lowest BCUT2D eigenvalue weighted by molar-refractivity contribution is -0.116. The summed E-state index contributed by atoms with van der Waals surface area (Å²) < 4.78 is 0. The third-order valence-electron chi connectivity index (χ3n) is 4.75. The number of rotatable bonds is 5. The highest BCUT2D eigenvalue weighted by molar-refractivity contribution is 7.14. The Morgan fingerprint density at radius 3 is 2.56 bits per heavy atom. The van der Waals surface area contributed by atoms with E-state index < -0.39 is 0 Å². The number of benzene rings is 2. The molecule has 1 heterocycles. The van der Waals surface area contributed by atoms with E-state index in [0.29, 0.717) is 0 Å². The van der Waals surface area contributed by atoms with Crippen molar-refractivity contribution in [2.45, 2.75) is 32.6 Å². The number of carbonyl (C=O) groups excluding carboxylic acids is 2. The lowest BCUT2D eigenvalue weighted by Gasteiger charge is -2.10. The van der Waals surface area contributed by atoms with Gasteiger partial charge in [-0.25, -0.2) is 0 Å². The first kappa shape index (κ1) is 16.0. The lowest BCUT2D eigenvalue weighted by Crippen LogP contribution is -2.13. The summed E-state index contributed by atoms with van der Waals surface area (Å²) in [6.45, 7) is 1.98. The number of carbonyl (C=O) groups is 2. The standard InChI is InChI=1S/C21H19NO2S/c1-13-5-11-19(25-13)18(23)10-12-20(24)22-17-9-8-15-7-6-14-3-2-4-16(17)21(14)15/h2-5,8-9,11H,6-7,10,12H2,1H3,(H,22,24). The molecule has 25 heavy (non-hydrogen) atoms. The SMILES string of the molecule is Cc1ccc(C(=O)CCC(=O)Nc2ccc3c4c(cccc24)CC3)s1. The second-order valence-corrected chi connectivity index (χ2v) is 7.78. The normalized spacial score (nSPS) is 12.5. The zero-order valence-electron chi connectivity index (χ0n) is 14.1. The summed E-state index contributed by atoms with van der Waals surface area (Å²) in [7, 11) is 0. The van der Waals surface area contributed by atoms with Gasteiger partial charge in [-0.3, -0.25) is 9.59 Å². The highest BCUT2D eigenvalue weighted by Crippen LogP contribution is 2.35. The average molecular weight is 349 g/mol. The Balaban J connectivity index is 1.47. The van der Waals surface area contributed by atoms with Crippen molar-refractivity contribution in [2.24, 2.45) is 0 Å². The lowest BCUT2D eigenvalue weighted by atomic mass is 10.0. The van der Waals surface area contributed by atoms with E-state index in [4.69, 9.17) is 0 Å². The molecule has 0 unspecified atom stereocenters. The molecule has 1 aliphatic rings. The van der Waals surface area contributed by atoms with Gasteiger partial charge >= 0.3 is 0 Å². The van der Waals surface area contributed by atoms with Crippen LogP contribution >= 0.6 is 11.3 Å². The minimum Gasteiger partial charge on any atom is -0.326 e. The fourth-order valence-electron chi connectivity index (χ4n) is 3.50. The topological polar surface area (TPSA) is 46.2 Å². The molecule has 4 heteroatoms. The maximum atomic E-state index is 12.3. The molecule has 1 aromatic heterocycles. The molecule has 0 aliphatic heterocycles. The predicted molar refractivity (Wildman–Crippen MR) is 103 cm³/mol. The number of hydrogen-bond donors (Lipinski definition) is 1. The van der Waals surface area contributed by atoms with Gasteiger partial charge in [-0.1, -0.05) is 24.3 Å². The Morgan fingerprint density at radius 2 is 1.80 bits per heavy atom. The molecule has 3 nitrogen and oxygen atoms in total. The van der Waals surface area contributed by atoms with Crippen molar-refractivity contribution in [1.29, 1.82) is 0 Å². The molecule has 1 amide bonds. The van der Waals surface area contributed by atoms with E-state index in [1.54, 1.807) is 0 Å². The summed E-state index contributed by atoms with van der Waals surface area (Å²) in [6.07, 6.45) is 2.59. The minimum absolute atomic E-state index is 0.0358. The molecule has 0 bridgehead atoms. The number of anilines is 1. The van der Waals surface area contributed by atoms with E-state index in [1.165, 1.54) is 27.8 Å². The van der Waals surface area contributed by atoms with Crippen molar-refractivity contribution in [1.82, 2.24) is 0 Å². The van der Waals surface area contributed by atoms with Crippen LogP contribution in [0.25, 0.3) is 10.8 Å². The first-order valence-corrected chi connectivity index (χ1v) is 9.36. The van der Waals surface area contributed by atoms with Crippen LogP contribution in [0.1, 0.15) is 38.5 Å². The largest absolute Gasteiger partial charge is 0.326 e. The molecule has 1 aliphatic carbocycles. The van der Waals surface area contributed by atoms with Crippen LogP contribution in [-0.4, -0.2) is 11.7 Å². The van der Waals surface area contributed by atoms with Gasteiger partial charge in [-0.05, 0) is 54.5 Å². The molecule has 3 aromatic rings. The Bertz CT molecular complexity index is 976. The van der Waals surface area contributed by atoms with E-state index in [1.807, 2.05) is 31.2 Å². The second kappa shape index (κ2) is 6.45. The number of aryl methyl sites for hydroxylation is 3. The molecule has 0 spiro atoms. The van der Waals surface area contributed by atoms with Crippen molar-refractivity contribution in [3.63, 3.8) is 0 Å². The van der Waals surface area contributed by atoms with Gasteiger partial charge in [0.05, 0.1) is 4.88 Å². The van der Waals surface area contributed by atoms with Crippen LogP contribution < -0.4 is 5.32 Å². The molecule has 1 N–H and O–H groups in total. The van der Waals surface area contributed by atoms with Crippen LogP contribution in [-0.2, 0) is 17.6 Å². The monoisotopic (exact) mass is 349 g/mol. The van der Waals surface area contributed by atoms with Crippen molar-refractivity contribution < 1.29 is 9.59 Å². The highest BCUT2D eigenvalue weighted by Gasteiger charge is 2.17. The van der Waals surface area contributed by atoms with Crippen molar-refractivity contribution in [3.05, 3.63) is 63.3 Å². The molecule has 0 radical (unpaired) electrons. The molecule has 126 valence electrons. The highest BCUT2D eigenvalue weighted by atomic mass is 32.1. The summed E-state index contributed by atoms with van der Waals surface area (Å²) >= 11 is 1.48. The van der Waals surface area contributed by atoms with E-state index in [-0.39, 0.29) is 24.5 Å². The molecule has 4 rings (SSSR count). The fourth-order valence-corrected chi connectivity index (χ4v) is 4.34. The quantitative estimate of drug-likeness (QED) is 0.665. The Kier molecular flexibility index (Phi) is 4.14. The van der Waals surface area contributed by atoms with Crippen LogP contribution in [0.15, 0.2) is 42.5 Å². The van der Waals surface area contributed by atoms with Gasteiger partial charge in [0, 0.05) is 28.8 Å². The first-order valence-electron chi connectivity index (χ1n) is 8.55. The number of hydrogen-bond acceptors (Lipinski definition) is 3. The van der Waals surface area contributed by atoms with Gasteiger partial charge in [0.1, 0.15) is 0 Å². The summed E-state index contributed by atoms with van der Waals surface area (Å²) in [6, 6.07) is 14.1. The Labute approximate surface area is 150 Å². The van der Waals surface area contributed by atoms with Crippen LogP contribution in [0.5, 0.6) is 0 Å². The molecule has 0 atom stereocenters. The number of Topliss-reactive ketones (excluding diaryl/α,β-unsaturated/α-hetero) is 1. The number of amides is 1. The van der Waals surface area contributed by atoms with Crippen LogP contribution in [0.4, 0.5) is 5.69 Å². The molecule has 0 saturated heterocycles. The summed E-state index contributed by atoms with van der Waals surface area (Å²) in [5, 5.41) is 5.37. The second-order valence-electron chi connectivity index (χ2n) is 6.49. The van der Waals surface area contributed by atoms with Crippen molar-refractivity contribution >= 4 is 39.5 Å². The number of thiophene rings is 1. The average Bonchev–Trinajstić information content (AvgIpc) is 3.23. The third kappa shape index (κ3) is 3.10. The van der Waals surface area contributed by atoms with Gasteiger partial charge in [-0.2, -0.15) is 0 Å². The zero-order chi connectivity index (χ0) is 17.4. The number of ketones is 1. The minimum atomic E-state index is -0.111. The molecule has 0 fully saturated rings. The van der Waals surface area contributed by atoms with Gasteiger partial charge in [0.25, 0.3) is 0 Å². The van der Waals surface area contributed by atoms with Gasteiger partial charge in [0.15, 0.2) is 5.78 Å². The fraction of sp³-hybridized carbons (Fsp3) is 0.238. The van der Waals surface area contributed by atoms with Crippen LogP contribution in [0.3, 0.4) is 0 Å². The van der Waals surface area contributed by atoms with Gasteiger partial charge in [0.2, 0.25) is 5.91 Å². The van der Waals surface area contributed by atoms with E-state index in [2.05, 4.69) is 23.5 Å². The molecule has 0 saturated carbocycles. The van der Waals surface area contributed by atoms with Crippen LogP contribution in [0, 0.1) is 6.92 Å². The number of nitrogens with one attached hydrogen (secondary N) is 1. The van der Waals surface area contributed by atoms with Crippen molar-refractivity contribution in [2.75, 3.05) is 5.32 Å². The summed E-state index contributed by atoms with van der Waals surface area (Å²) in [5.74, 6) is -0.0750.